The van der Waals surface area contributed by atoms with Gasteiger partial charge in [-0.3, -0.25) is 0 Å². The first kappa shape index (κ1) is 9.44. The average Bonchev–Trinajstić information content (AvgIpc) is 2.19. The summed E-state index contributed by atoms with van der Waals surface area (Å²) in [7, 11) is 0. The number of anilines is 1. The molecule has 14 heavy (non-hydrogen) atoms. The van der Waals surface area contributed by atoms with Crippen molar-refractivity contribution in [1.29, 1.82) is 0 Å². The van der Waals surface area contributed by atoms with Gasteiger partial charge in [0.25, 0.3) is 0 Å². The average molecular weight is 191 g/mol. The van der Waals surface area contributed by atoms with E-state index in [0.717, 1.165) is 0 Å². The summed E-state index contributed by atoms with van der Waals surface area (Å²) in [6.07, 6.45) is 6.56. The lowest BCUT2D eigenvalue weighted by Gasteiger charge is -2.21. The summed E-state index contributed by atoms with van der Waals surface area (Å²) in [5, 5.41) is 8.17. The molecule has 1 aliphatic carbocycles. The highest BCUT2D eigenvalue weighted by atomic mass is 15.1. The molecule has 2 rings (SSSR count). The number of rotatable bonds is 1. The molecule has 0 amide bonds. The molecule has 0 saturated heterocycles. The van der Waals surface area contributed by atoms with Gasteiger partial charge in [-0.25, -0.2) is 0 Å². The van der Waals surface area contributed by atoms with Crippen molar-refractivity contribution in [1.82, 2.24) is 10.2 Å². The highest BCUT2D eigenvalue weighted by Crippen LogP contribution is 2.32. The Bertz CT molecular complexity index is 316. The number of hydrogen-bond donors (Lipinski definition) is 1. The zero-order valence-electron chi connectivity index (χ0n) is 8.66. The van der Waals surface area contributed by atoms with Crippen molar-refractivity contribution in [2.75, 3.05) is 5.73 Å². The Labute approximate surface area is 84.7 Å². The lowest BCUT2D eigenvalue weighted by molar-refractivity contribution is 0.432. The largest absolute Gasteiger partial charge is 0.382 e. The summed E-state index contributed by atoms with van der Waals surface area (Å²) in [4.78, 5) is 0. The van der Waals surface area contributed by atoms with E-state index in [-0.39, 0.29) is 0 Å². The van der Waals surface area contributed by atoms with Crippen molar-refractivity contribution in [2.24, 2.45) is 0 Å². The quantitative estimate of drug-likeness (QED) is 0.741. The van der Waals surface area contributed by atoms with Crippen LogP contribution in [0.1, 0.15) is 49.3 Å². The van der Waals surface area contributed by atoms with Crippen LogP contribution in [0.5, 0.6) is 0 Å². The fraction of sp³-hybridized carbons (Fsp3) is 0.636. The Morgan fingerprint density at radius 1 is 1.21 bits per heavy atom. The molecule has 1 aromatic rings. The Kier molecular flexibility index (Phi) is 2.66. The molecule has 76 valence electrons. The second kappa shape index (κ2) is 3.95. The van der Waals surface area contributed by atoms with Gasteiger partial charge in [0.2, 0.25) is 0 Å². The van der Waals surface area contributed by atoms with E-state index >= 15 is 0 Å². The summed E-state index contributed by atoms with van der Waals surface area (Å²) < 4.78 is 0. The van der Waals surface area contributed by atoms with Crippen molar-refractivity contribution in [2.45, 2.75) is 44.9 Å². The van der Waals surface area contributed by atoms with E-state index in [9.17, 15) is 0 Å². The fourth-order valence-electron chi connectivity index (χ4n) is 2.29. The third-order valence-corrected chi connectivity index (χ3v) is 3.03. The molecule has 0 bridgehead atoms. The summed E-state index contributed by atoms with van der Waals surface area (Å²) in [5.41, 5.74) is 7.95. The monoisotopic (exact) mass is 191 g/mol. The molecule has 1 fully saturated rings. The Morgan fingerprint density at radius 3 is 2.57 bits per heavy atom. The van der Waals surface area contributed by atoms with Crippen LogP contribution in [-0.4, -0.2) is 10.2 Å². The number of aromatic nitrogens is 2. The van der Waals surface area contributed by atoms with E-state index in [4.69, 9.17) is 5.73 Å². The first-order valence-corrected chi connectivity index (χ1v) is 5.37. The standard InChI is InChI=1S/C11H17N3/c1-8-7-10(12)13-14-11(8)9-5-3-2-4-6-9/h7,9H,2-6H2,1H3,(H2,12,13). The number of nitrogen functional groups attached to an aromatic ring is 1. The zero-order valence-corrected chi connectivity index (χ0v) is 8.66. The molecule has 0 radical (unpaired) electrons. The second-order valence-electron chi connectivity index (χ2n) is 4.17. The van der Waals surface area contributed by atoms with Crippen molar-refractivity contribution >= 4 is 5.82 Å². The maximum atomic E-state index is 5.58. The maximum Gasteiger partial charge on any atom is 0.146 e. The van der Waals surface area contributed by atoms with Crippen LogP contribution in [-0.2, 0) is 0 Å². The minimum atomic E-state index is 0.530. The van der Waals surface area contributed by atoms with E-state index in [2.05, 4.69) is 17.1 Å². The SMILES string of the molecule is Cc1cc(N)nnc1C1CCCCC1. The molecule has 3 heteroatoms. The molecule has 0 unspecified atom stereocenters. The number of nitrogens with two attached hydrogens (primary N) is 1. The summed E-state index contributed by atoms with van der Waals surface area (Å²) in [6.45, 7) is 2.08. The molecule has 3 nitrogen and oxygen atoms in total. The van der Waals surface area contributed by atoms with E-state index in [1.54, 1.807) is 0 Å². The number of hydrogen-bond acceptors (Lipinski definition) is 3. The van der Waals surface area contributed by atoms with E-state index < -0.39 is 0 Å². The van der Waals surface area contributed by atoms with Gasteiger partial charge in [0, 0.05) is 5.92 Å². The molecule has 0 aromatic carbocycles. The molecular weight excluding hydrogens is 174 g/mol. The minimum absolute atomic E-state index is 0.530. The smallest absolute Gasteiger partial charge is 0.146 e. The van der Waals surface area contributed by atoms with Crippen LogP contribution in [0.15, 0.2) is 6.07 Å². The van der Waals surface area contributed by atoms with Crippen molar-refractivity contribution in [3.05, 3.63) is 17.3 Å². The van der Waals surface area contributed by atoms with E-state index in [1.165, 1.54) is 43.4 Å². The van der Waals surface area contributed by atoms with Gasteiger partial charge in [0.15, 0.2) is 0 Å². The van der Waals surface area contributed by atoms with Gasteiger partial charge in [-0.2, -0.15) is 5.10 Å². The van der Waals surface area contributed by atoms with Crippen molar-refractivity contribution in [3.8, 4) is 0 Å². The Morgan fingerprint density at radius 2 is 1.93 bits per heavy atom. The van der Waals surface area contributed by atoms with Gasteiger partial charge in [-0.15, -0.1) is 5.10 Å². The molecule has 1 saturated carbocycles. The van der Waals surface area contributed by atoms with E-state index in [1.807, 2.05) is 6.07 Å². The summed E-state index contributed by atoms with van der Waals surface area (Å²) in [6, 6.07) is 1.93. The Balaban J connectivity index is 2.22. The summed E-state index contributed by atoms with van der Waals surface area (Å²) in [5.74, 6) is 1.15. The molecule has 2 N–H and O–H groups in total. The predicted octanol–water partition coefficient (Wildman–Crippen LogP) is 2.41. The molecule has 1 heterocycles. The van der Waals surface area contributed by atoms with E-state index in [0.29, 0.717) is 11.7 Å². The molecular formula is C11H17N3. The molecule has 0 spiro atoms. The fourth-order valence-corrected chi connectivity index (χ4v) is 2.29. The van der Waals surface area contributed by atoms with Gasteiger partial charge < -0.3 is 5.73 Å². The van der Waals surface area contributed by atoms with Crippen LogP contribution in [0, 0.1) is 6.92 Å². The number of nitrogens with zero attached hydrogens (tertiary/aromatic N) is 2. The molecule has 0 aliphatic heterocycles. The van der Waals surface area contributed by atoms with Gasteiger partial charge >= 0.3 is 0 Å². The van der Waals surface area contributed by atoms with Gasteiger partial charge in [-0.05, 0) is 31.4 Å². The first-order chi connectivity index (χ1) is 6.77. The molecule has 1 aliphatic rings. The van der Waals surface area contributed by atoms with Crippen molar-refractivity contribution in [3.63, 3.8) is 0 Å². The van der Waals surface area contributed by atoms with Crippen LogP contribution in [0.25, 0.3) is 0 Å². The molecule has 1 aromatic heterocycles. The van der Waals surface area contributed by atoms with Gasteiger partial charge in [0.1, 0.15) is 5.82 Å². The van der Waals surface area contributed by atoms with Gasteiger partial charge in [-0.1, -0.05) is 19.3 Å². The maximum absolute atomic E-state index is 5.58. The normalized spacial score (nSPS) is 18.4. The topological polar surface area (TPSA) is 51.8 Å². The molecule has 0 atom stereocenters. The van der Waals surface area contributed by atoms with Crippen molar-refractivity contribution < 1.29 is 0 Å². The lowest BCUT2D eigenvalue weighted by Crippen LogP contribution is -2.10. The number of aryl methyl sites for hydroxylation is 1. The highest BCUT2D eigenvalue weighted by Gasteiger charge is 2.18. The third-order valence-electron chi connectivity index (χ3n) is 3.03. The van der Waals surface area contributed by atoms with Crippen LogP contribution in [0.3, 0.4) is 0 Å². The van der Waals surface area contributed by atoms with Crippen LogP contribution in [0.4, 0.5) is 5.82 Å². The highest BCUT2D eigenvalue weighted by molar-refractivity contribution is 5.33. The summed E-state index contributed by atoms with van der Waals surface area (Å²) >= 11 is 0. The first-order valence-electron chi connectivity index (χ1n) is 5.37. The third kappa shape index (κ3) is 1.86. The van der Waals surface area contributed by atoms with Gasteiger partial charge in [0.05, 0.1) is 5.69 Å². The minimum Gasteiger partial charge on any atom is -0.382 e. The predicted molar refractivity (Wildman–Crippen MR) is 57.0 cm³/mol. The zero-order chi connectivity index (χ0) is 9.97. The van der Waals surface area contributed by atoms with Crippen LogP contribution in [0.2, 0.25) is 0 Å². The van der Waals surface area contributed by atoms with Crippen LogP contribution >= 0.6 is 0 Å². The Hall–Kier alpha value is -1.12. The lowest BCUT2D eigenvalue weighted by atomic mass is 9.85. The van der Waals surface area contributed by atoms with Crippen LogP contribution < -0.4 is 5.73 Å². The second-order valence-corrected chi connectivity index (χ2v) is 4.17.